The third-order valence-electron chi connectivity index (χ3n) is 4.98. The smallest absolute Gasteiger partial charge is 0.251 e. The van der Waals surface area contributed by atoms with Crippen molar-refractivity contribution >= 4 is 12.0 Å². The van der Waals surface area contributed by atoms with Gasteiger partial charge >= 0.3 is 0 Å². The first-order valence-electron chi connectivity index (χ1n) is 9.38. The highest BCUT2D eigenvalue weighted by Crippen LogP contribution is 2.26. The first-order valence-corrected chi connectivity index (χ1v) is 9.38. The van der Waals surface area contributed by atoms with E-state index < -0.39 is 0 Å². The average Bonchev–Trinajstić information content (AvgIpc) is 2.74. The van der Waals surface area contributed by atoms with E-state index in [2.05, 4.69) is 22.3 Å². The second-order valence-electron chi connectivity index (χ2n) is 6.85. The first kappa shape index (κ1) is 17.8. The topological polar surface area (TPSA) is 50.8 Å². The normalized spacial score (nSPS) is 18.0. The van der Waals surface area contributed by atoms with Crippen LogP contribution in [-0.4, -0.2) is 50.3 Å². The van der Waals surface area contributed by atoms with Gasteiger partial charge in [-0.25, -0.2) is 0 Å². The van der Waals surface area contributed by atoms with Crippen molar-refractivity contribution in [3.8, 4) is 5.75 Å². The van der Waals surface area contributed by atoms with E-state index in [1.165, 1.54) is 0 Å². The van der Waals surface area contributed by atoms with E-state index in [4.69, 9.17) is 9.47 Å². The molecular weight excluding hydrogens is 340 g/mol. The number of fused-ring (bicyclic) bond motifs is 1. The van der Waals surface area contributed by atoms with E-state index in [9.17, 15) is 4.79 Å². The van der Waals surface area contributed by atoms with Gasteiger partial charge in [-0.2, -0.15) is 0 Å². The molecule has 0 unspecified atom stereocenters. The lowest BCUT2D eigenvalue weighted by Crippen LogP contribution is -2.43. The van der Waals surface area contributed by atoms with Crippen LogP contribution in [0.25, 0.3) is 6.08 Å². The second-order valence-corrected chi connectivity index (χ2v) is 6.85. The molecule has 1 saturated heterocycles. The lowest BCUT2D eigenvalue weighted by Gasteiger charge is -2.31. The summed E-state index contributed by atoms with van der Waals surface area (Å²) in [5.41, 5.74) is 2.70. The highest BCUT2D eigenvalue weighted by molar-refractivity contribution is 5.99. The van der Waals surface area contributed by atoms with Crippen molar-refractivity contribution in [2.75, 3.05) is 39.5 Å². The van der Waals surface area contributed by atoms with Gasteiger partial charge in [-0.15, -0.1) is 0 Å². The Morgan fingerprint density at radius 3 is 2.59 bits per heavy atom. The van der Waals surface area contributed by atoms with Crippen LogP contribution in [0.1, 0.15) is 17.2 Å². The number of nitrogens with one attached hydrogen (secondary N) is 1. The molecule has 0 bridgehead atoms. The molecule has 1 atom stereocenters. The van der Waals surface area contributed by atoms with Crippen LogP contribution in [0.2, 0.25) is 0 Å². The van der Waals surface area contributed by atoms with E-state index in [-0.39, 0.29) is 11.9 Å². The van der Waals surface area contributed by atoms with Gasteiger partial charge in [0.25, 0.3) is 5.91 Å². The van der Waals surface area contributed by atoms with Crippen LogP contribution >= 0.6 is 0 Å². The number of hydrogen-bond acceptors (Lipinski definition) is 4. The number of morpholine rings is 1. The van der Waals surface area contributed by atoms with Crippen LogP contribution in [-0.2, 0) is 9.53 Å². The van der Waals surface area contributed by atoms with Crippen LogP contribution in [0.5, 0.6) is 5.75 Å². The maximum absolute atomic E-state index is 12.9. The molecule has 5 nitrogen and oxygen atoms in total. The van der Waals surface area contributed by atoms with E-state index in [1.807, 2.05) is 48.5 Å². The number of rotatable bonds is 5. The number of amides is 1. The van der Waals surface area contributed by atoms with Gasteiger partial charge in [0.1, 0.15) is 12.4 Å². The van der Waals surface area contributed by atoms with E-state index in [0.717, 1.165) is 49.7 Å². The van der Waals surface area contributed by atoms with Crippen molar-refractivity contribution in [3.05, 3.63) is 71.3 Å². The zero-order valence-electron chi connectivity index (χ0n) is 15.3. The lowest BCUT2D eigenvalue weighted by molar-refractivity contribution is -0.118. The van der Waals surface area contributed by atoms with Crippen LogP contribution < -0.4 is 10.1 Å². The minimum absolute atomic E-state index is 0.0742. The Balaban J connectivity index is 1.51. The molecule has 1 amide bonds. The molecule has 0 aliphatic carbocycles. The molecule has 1 N–H and O–H groups in total. The number of carbonyl (C=O) groups excluding carboxylic acids is 1. The van der Waals surface area contributed by atoms with Crippen molar-refractivity contribution in [2.45, 2.75) is 6.04 Å². The summed E-state index contributed by atoms with van der Waals surface area (Å²) in [6.45, 7) is 4.32. The molecule has 2 heterocycles. The van der Waals surface area contributed by atoms with Gasteiger partial charge in [0, 0.05) is 25.2 Å². The maximum atomic E-state index is 12.9. The molecule has 0 saturated carbocycles. The Hall–Kier alpha value is -2.63. The molecule has 0 radical (unpaired) electrons. The molecule has 2 aliphatic rings. The van der Waals surface area contributed by atoms with E-state index in [1.54, 1.807) is 0 Å². The summed E-state index contributed by atoms with van der Waals surface area (Å²) >= 11 is 0. The Labute approximate surface area is 159 Å². The number of carbonyl (C=O) groups is 1. The molecule has 140 valence electrons. The molecule has 0 aromatic heterocycles. The van der Waals surface area contributed by atoms with Crippen LogP contribution in [0, 0.1) is 0 Å². The third-order valence-corrected chi connectivity index (χ3v) is 4.98. The monoisotopic (exact) mass is 364 g/mol. The van der Waals surface area contributed by atoms with Crippen molar-refractivity contribution in [3.63, 3.8) is 0 Å². The largest absolute Gasteiger partial charge is 0.488 e. The van der Waals surface area contributed by atoms with Crippen molar-refractivity contribution in [1.29, 1.82) is 0 Å². The quantitative estimate of drug-likeness (QED) is 0.886. The molecular formula is C22H24N2O3. The van der Waals surface area contributed by atoms with E-state index >= 15 is 0 Å². The number of hydrogen-bond donors (Lipinski definition) is 1. The van der Waals surface area contributed by atoms with Crippen molar-refractivity contribution in [2.24, 2.45) is 0 Å². The predicted octanol–water partition coefficient (Wildman–Crippen LogP) is 2.65. The number of nitrogens with zero attached hydrogens (tertiary/aromatic N) is 1. The summed E-state index contributed by atoms with van der Waals surface area (Å²) < 4.78 is 11.2. The van der Waals surface area contributed by atoms with Crippen LogP contribution in [0.3, 0.4) is 0 Å². The van der Waals surface area contributed by atoms with Crippen molar-refractivity contribution in [1.82, 2.24) is 10.2 Å². The first-order chi connectivity index (χ1) is 13.3. The van der Waals surface area contributed by atoms with Gasteiger partial charge in [-0.1, -0.05) is 48.5 Å². The van der Waals surface area contributed by atoms with E-state index in [0.29, 0.717) is 12.2 Å². The molecule has 4 rings (SSSR count). The van der Waals surface area contributed by atoms with Gasteiger partial charge < -0.3 is 14.8 Å². The van der Waals surface area contributed by atoms with Gasteiger partial charge in [-0.3, -0.25) is 9.69 Å². The molecule has 0 spiro atoms. The van der Waals surface area contributed by atoms with Crippen LogP contribution in [0.4, 0.5) is 0 Å². The van der Waals surface area contributed by atoms with Crippen LogP contribution in [0.15, 0.2) is 60.2 Å². The second kappa shape index (κ2) is 8.37. The molecule has 5 heteroatoms. The zero-order chi connectivity index (χ0) is 18.5. The standard InChI is InChI=1S/C22H24N2O3/c25-22(19-14-18-8-4-5-9-21(18)27-16-19)23-20(17-6-2-1-3-7-17)15-24-10-12-26-13-11-24/h1-9,14,20H,10-13,15-16H2,(H,23,25)/t20-/m0/s1. The zero-order valence-corrected chi connectivity index (χ0v) is 15.3. The maximum Gasteiger partial charge on any atom is 0.251 e. The summed E-state index contributed by atoms with van der Waals surface area (Å²) in [4.78, 5) is 15.3. The van der Waals surface area contributed by atoms with Crippen molar-refractivity contribution < 1.29 is 14.3 Å². The number of benzene rings is 2. The Morgan fingerprint density at radius 2 is 1.78 bits per heavy atom. The number of ether oxygens (including phenoxy) is 2. The Morgan fingerprint density at radius 1 is 1.04 bits per heavy atom. The fraction of sp³-hybridized carbons (Fsp3) is 0.318. The fourth-order valence-electron chi connectivity index (χ4n) is 3.46. The Bertz CT molecular complexity index is 813. The minimum Gasteiger partial charge on any atom is -0.488 e. The molecule has 2 aromatic carbocycles. The SMILES string of the molecule is O=C(N[C@@H](CN1CCOCC1)c1ccccc1)C1=Cc2ccccc2OC1. The Kier molecular flexibility index (Phi) is 5.51. The molecule has 2 aliphatic heterocycles. The fourth-order valence-corrected chi connectivity index (χ4v) is 3.46. The summed E-state index contributed by atoms with van der Waals surface area (Å²) in [7, 11) is 0. The lowest BCUT2D eigenvalue weighted by atomic mass is 10.0. The van der Waals surface area contributed by atoms with Gasteiger partial charge in [0.15, 0.2) is 0 Å². The number of para-hydroxylation sites is 1. The van der Waals surface area contributed by atoms with Gasteiger partial charge in [0.05, 0.1) is 24.8 Å². The molecule has 1 fully saturated rings. The highest BCUT2D eigenvalue weighted by atomic mass is 16.5. The highest BCUT2D eigenvalue weighted by Gasteiger charge is 2.23. The van der Waals surface area contributed by atoms with Gasteiger partial charge in [0.2, 0.25) is 0 Å². The summed E-state index contributed by atoms with van der Waals surface area (Å²) in [6, 6.07) is 17.8. The summed E-state index contributed by atoms with van der Waals surface area (Å²) in [5.74, 6) is 0.744. The predicted molar refractivity (Wildman–Crippen MR) is 104 cm³/mol. The average molecular weight is 364 g/mol. The van der Waals surface area contributed by atoms with Gasteiger partial charge in [-0.05, 0) is 17.7 Å². The third kappa shape index (κ3) is 4.38. The summed E-state index contributed by atoms with van der Waals surface area (Å²) in [5, 5.41) is 3.21. The molecule has 27 heavy (non-hydrogen) atoms. The summed E-state index contributed by atoms with van der Waals surface area (Å²) in [6.07, 6.45) is 1.92. The minimum atomic E-state index is -0.0772. The molecule has 2 aromatic rings.